The van der Waals surface area contributed by atoms with Gasteiger partial charge < -0.3 is 19.3 Å². The summed E-state index contributed by atoms with van der Waals surface area (Å²) in [6, 6.07) is 4.98. The Morgan fingerprint density at radius 3 is 2.72 bits per heavy atom. The SMILES string of the molecule is CCCCN(C)c1cc2c(cc1Cl)-c1cc(=O)c(C(=O)O)cn1[C@H](C(C)C)CO2. The summed E-state index contributed by atoms with van der Waals surface area (Å²) in [7, 11) is 1.99. The van der Waals surface area contributed by atoms with Crippen LogP contribution in [-0.2, 0) is 0 Å². The van der Waals surface area contributed by atoms with Crippen molar-refractivity contribution in [1.82, 2.24) is 4.57 Å². The molecule has 0 saturated heterocycles. The summed E-state index contributed by atoms with van der Waals surface area (Å²) in [5.74, 6) is -0.411. The van der Waals surface area contributed by atoms with E-state index in [0.717, 1.165) is 25.1 Å². The Bertz CT molecular complexity index is 984. The molecule has 156 valence electrons. The first kappa shape index (κ1) is 21.2. The fourth-order valence-electron chi connectivity index (χ4n) is 3.64. The van der Waals surface area contributed by atoms with Gasteiger partial charge in [0.05, 0.1) is 22.4 Å². The van der Waals surface area contributed by atoms with Gasteiger partial charge >= 0.3 is 5.97 Å². The van der Waals surface area contributed by atoms with Crippen molar-refractivity contribution < 1.29 is 14.6 Å². The molecule has 7 heteroatoms. The summed E-state index contributed by atoms with van der Waals surface area (Å²) in [6.45, 7) is 7.48. The first-order valence-corrected chi connectivity index (χ1v) is 10.3. The molecule has 2 aromatic rings. The van der Waals surface area contributed by atoms with Crippen molar-refractivity contribution in [3.63, 3.8) is 0 Å². The van der Waals surface area contributed by atoms with Crippen molar-refractivity contribution in [2.75, 3.05) is 25.1 Å². The van der Waals surface area contributed by atoms with Crippen LogP contribution >= 0.6 is 11.6 Å². The van der Waals surface area contributed by atoms with Crippen LogP contribution in [0.1, 0.15) is 50.0 Å². The highest BCUT2D eigenvalue weighted by molar-refractivity contribution is 6.33. The van der Waals surface area contributed by atoms with Crippen LogP contribution in [0.4, 0.5) is 5.69 Å². The number of aromatic carboxylic acids is 1. The lowest BCUT2D eigenvalue weighted by Crippen LogP contribution is -2.25. The molecule has 0 unspecified atom stereocenters. The number of rotatable bonds is 6. The van der Waals surface area contributed by atoms with Crippen molar-refractivity contribution in [3.8, 4) is 17.0 Å². The van der Waals surface area contributed by atoms with E-state index < -0.39 is 11.4 Å². The average Bonchev–Trinajstić information content (AvgIpc) is 2.81. The van der Waals surface area contributed by atoms with Gasteiger partial charge in [-0.05, 0) is 18.4 Å². The molecule has 0 fully saturated rings. The second-order valence-corrected chi connectivity index (χ2v) is 8.25. The van der Waals surface area contributed by atoms with Crippen LogP contribution < -0.4 is 15.1 Å². The van der Waals surface area contributed by atoms with E-state index in [9.17, 15) is 14.7 Å². The summed E-state index contributed by atoms with van der Waals surface area (Å²) in [5, 5.41) is 9.96. The molecular formula is C22H27ClN2O4. The topological polar surface area (TPSA) is 71.8 Å². The largest absolute Gasteiger partial charge is 0.491 e. The number of carboxylic acids is 1. The average molecular weight is 419 g/mol. The molecular weight excluding hydrogens is 392 g/mol. The standard InChI is InChI=1S/C22H27ClN2O4/c1-5-6-7-24(4)18-10-21-14(8-16(18)23)17-9-20(26)15(22(27)28)11-25(17)19(12-29-21)13(2)3/h8-11,13,19H,5-7,12H2,1-4H3,(H,27,28)/t19-/m0/s1. The molecule has 1 aliphatic rings. The molecule has 0 radical (unpaired) electrons. The minimum atomic E-state index is -1.23. The molecule has 29 heavy (non-hydrogen) atoms. The molecule has 1 atom stereocenters. The number of halogens is 1. The Morgan fingerprint density at radius 1 is 1.38 bits per heavy atom. The number of hydrogen-bond donors (Lipinski definition) is 1. The second kappa shape index (κ2) is 8.49. The van der Waals surface area contributed by atoms with Gasteiger partial charge in [-0.25, -0.2) is 4.79 Å². The number of unbranched alkanes of at least 4 members (excludes halogenated alkanes) is 1. The van der Waals surface area contributed by atoms with Gasteiger partial charge in [-0.3, -0.25) is 4.79 Å². The summed E-state index contributed by atoms with van der Waals surface area (Å²) < 4.78 is 7.99. The molecule has 0 amide bonds. The predicted octanol–water partition coefficient (Wildman–Crippen LogP) is 4.69. The van der Waals surface area contributed by atoms with E-state index in [1.54, 1.807) is 0 Å². The quantitative estimate of drug-likeness (QED) is 0.736. The zero-order chi connectivity index (χ0) is 21.3. The van der Waals surface area contributed by atoms with Crippen molar-refractivity contribution in [2.24, 2.45) is 5.92 Å². The van der Waals surface area contributed by atoms with Gasteiger partial charge in [-0.15, -0.1) is 0 Å². The maximum Gasteiger partial charge on any atom is 0.341 e. The summed E-state index contributed by atoms with van der Waals surface area (Å²) in [6.07, 6.45) is 3.57. The molecule has 3 rings (SSSR count). The molecule has 1 aromatic carbocycles. The highest BCUT2D eigenvalue weighted by atomic mass is 35.5. The van der Waals surface area contributed by atoms with Crippen LogP contribution in [0.2, 0.25) is 5.02 Å². The van der Waals surface area contributed by atoms with Crippen molar-refractivity contribution in [1.29, 1.82) is 0 Å². The minimum Gasteiger partial charge on any atom is -0.491 e. The number of pyridine rings is 1. The smallest absolute Gasteiger partial charge is 0.341 e. The van der Waals surface area contributed by atoms with E-state index in [4.69, 9.17) is 16.3 Å². The van der Waals surface area contributed by atoms with Crippen molar-refractivity contribution >= 4 is 23.3 Å². The molecule has 0 aliphatic carbocycles. The molecule has 0 bridgehead atoms. The van der Waals surface area contributed by atoms with E-state index in [-0.39, 0.29) is 17.5 Å². The molecule has 0 saturated carbocycles. The van der Waals surface area contributed by atoms with E-state index in [1.807, 2.05) is 37.6 Å². The molecule has 1 aliphatic heterocycles. The Hall–Kier alpha value is -2.47. The Labute approximate surface area is 175 Å². The lowest BCUT2D eigenvalue weighted by atomic mass is 10.0. The number of fused-ring (bicyclic) bond motifs is 3. The van der Waals surface area contributed by atoms with Gasteiger partial charge in [0, 0.05) is 37.5 Å². The maximum atomic E-state index is 12.4. The van der Waals surface area contributed by atoms with Crippen molar-refractivity contribution in [2.45, 2.75) is 39.7 Å². The van der Waals surface area contributed by atoms with Crippen molar-refractivity contribution in [3.05, 3.63) is 45.2 Å². The van der Waals surface area contributed by atoms with Gasteiger partial charge in [0.15, 0.2) is 5.43 Å². The zero-order valence-corrected chi connectivity index (χ0v) is 18.0. The first-order chi connectivity index (χ1) is 13.7. The summed E-state index contributed by atoms with van der Waals surface area (Å²) in [4.78, 5) is 26.0. The van der Waals surface area contributed by atoms with E-state index >= 15 is 0 Å². The van der Waals surface area contributed by atoms with Crippen LogP contribution in [0.5, 0.6) is 5.75 Å². The summed E-state index contributed by atoms with van der Waals surface area (Å²) in [5.41, 5.74) is 1.41. The van der Waals surface area contributed by atoms with Gasteiger partial charge in [-0.1, -0.05) is 38.8 Å². The molecule has 0 spiro atoms. The van der Waals surface area contributed by atoms with Gasteiger partial charge in [-0.2, -0.15) is 0 Å². The number of anilines is 1. The zero-order valence-electron chi connectivity index (χ0n) is 17.2. The number of aromatic nitrogens is 1. The normalized spacial score (nSPS) is 15.3. The predicted molar refractivity (Wildman–Crippen MR) is 116 cm³/mol. The third-order valence-electron chi connectivity index (χ3n) is 5.43. The number of ether oxygens (including phenoxy) is 1. The summed E-state index contributed by atoms with van der Waals surface area (Å²) >= 11 is 6.60. The number of carboxylic acid groups (broad SMARTS) is 1. The highest BCUT2D eigenvalue weighted by Gasteiger charge is 2.28. The lowest BCUT2D eigenvalue weighted by molar-refractivity contribution is 0.0694. The first-order valence-electron chi connectivity index (χ1n) is 9.91. The third kappa shape index (κ3) is 4.13. The molecule has 1 aromatic heterocycles. The Morgan fingerprint density at radius 2 is 2.10 bits per heavy atom. The van der Waals surface area contributed by atoms with E-state index in [0.29, 0.717) is 28.6 Å². The number of carbonyl (C=O) groups is 1. The molecule has 1 N–H and O–H groups in total. The molecule has 2 heterocycles. The number of hydrogen-bond acceptors (Lipinski definition) is 4. The maximum absolute atomic E-state index is 12.4. The van der Waals surface area contributed by atoms with E-state index in [1.165, 1.54) is 12.3 Å². The van der Waals surface area contributed by atoms with Crippen LogP contribution in [0.15, 0.2) is 29.2 Å². The number of benzene rings is 1. The minimum absolute atomic E-state index is 0.115. The highest BCUT2D eigenvalue weighted by Crippen LogP contribution is 2.42. The third-order valence-corrected chi connectivity index (χ3v) is 5.73. The van der Waals surface area contributed by atoms with Crippen LogP contribution in [-0.4, -0.2) is 35.8 Å². The number of nitrogens with zero attached hydrogens (tertiary/aromatic N) is 2. The van der Waals surface area contributed by atoms with Gasteiger partial charge in [0.1, 0.15) is 17.9 Å². The second-order valence-electron chi connectivity index (χ2n) is 7.85. The van der Waals surface area contributed by atoms with Gasteiger partial charge in [0.2, 0.25) is 0 Å². The Kier molecular flexibility index (Phi) is 6.22. The van der Waals surface area contributed by atoms with Crippen LogP contribution in [0, 0.1) is 5.92 Å². The fourth-order valence-corrected chi connectivity index (χ4v) is 3.95. The van der Waals surface area contributed by atoms with E-state index in [2.05, 4.69) is 11.8 Å². The monoisotopic (exact) mass is 418 g/mol. The Balaban J connectivity index is 2.19. The fraction of sp³-hybridized carbons (Fsp3) is 0.455. The van der Waals surface area contributed by atoms with Gasteiger partial charge in [0.25, 0.3) is 0 Å². The van der Waals surface area contributed by atoms with Crippen LogP contribution in [0.25, 0.3) is 11.3 Å². The van der Waals surface area contributed by atoms with Crippen LogP contribution in [0.3, 0.4) is 0 Å². The lowest BCUT2D eigenvalue weighted by Gasteiger charge is -2.24. The molecule has 6 nitrogen and oxygen atoms in total.